The Morgan fingerprint density at radius 1 is 0.675 bits per heavy atom. The maximum atomic E-state index is 14.4. The fraction of sp³-hybridized carbons (Fsp3) is 0.473. The fourth-order valence-corrected chi connectivity index (χ4v) is 9.52. The number of nitrogens with two attached hydrogens (primary N) is 1. The molecule has 0 saturated heterocycles. The molecule has 2 aromatic carbocycles. The molecule has 9 amide bonds. The molecule has 0 saturated carbocycles. The van der Waals surface area contributed by atoms with Gasteiger partial charge in [0.25, 0.3) is 0 Å². The number of carbonyl (C=O) groups is 9. The standard InChI is InChI=1S/C55H77N15O9S/c1-32(2)19-39(28-70(31-71)46(49(56)73)17-18-80-7)65-53(77)44(22-37-25-58-29-62-37)66-47(72)27-61-55(79)48(33(3)4)69-50(74)34(5)64-52(76)43(21-36-24-60-41-16-12-11-15-40(36)41)67-54(78)45(23-38-26-59-30-63-38)68-51(75)42(57-6)20-35-13-9-8-10-14-35/h8-16,24-26,29-34,39,42-46,48,57,60H,17-23,27-28H2,1-7H3,(H2,56,73)(H,58,62)(H,59,63)(H,61,79)(H,64,76)(H,65,77)(H,66,72)(H,67,78)(H,68,75)(H,69,74)/t34-,39?,42-,43-,44-,45-,46?,48-/m0/s1. The molecule has 0 bridgehead atoms. The molecule has 0 aliphatic rings. The lowest BCUT2D eigenvalue weighted by Crippen LogP contribution is -2.60. The van der Waals surface area contributed by atoms with Crippen molar-refractivity contribution in [3.8, 4) is 0 Å². The molecule has 13 N–H and O–H groups in total. The first-order chi connectivity index (χ1) is 38.3. The average molecular weight is 1120 g/mol. The van der Waals surface area contributed by atoms with E-state index in [1.54, 1.807) is 27.1 Å². The topological polar surface area (TPSA) is 352 Å². The number of nitrogens with one attached hydrogen (secondary N) is 11. The molecule has 8 atom stereocenters. The van der Waals surface area contributed by atoms with Crippen LogP contribution in [0.1, 0.15) is 70.0 Å². The van der Waals surface area contributed by atoms with Crippen LogP contribution >= 0.6 is 11.8 Å². The molecule has 0 aliphatic carbocycles. The minimum Gasteiger partial charge on any atom is -0.368 e. The summed E-state index contributed by atoms with van der Waals surface area (Å²) in [4.78, 5) is 141. The number of fused-ring (bicyclic) bond motifs is 1. The number of rotatable bonds is 34. The Bertz CT molecular complexity index is 2810. The van der Waals surface area contributed by atoms with Gasteiger partial charge >= 0.3 is 0 Å². The second-order valence-electron chi connectivity index (χ2n) is 20.4. The Labute approximate surface area is 469 Å². The van der Waals surface area contributed by atoms with Crippen LogP contribution < -0.4 is 48.3 Å². The van der Waals surface area contributed by atoms with Crippen molar-refractivity contribution in [1.29, 1.82) is 0 Å². The average Bonchev–Trinajstić information content (AvgIpc) is 4.24. The molecule has 0 aliphatic heterocycles. The van der Waals surface area contributed by atoms with Crippen LogP contribution in [0, 0.1) is 11.8 Å². The van der Waals surface area contributed by atoms with E-state index >= 15 is 0 Å². The third kappa shape index (κ3) is 19.4. The maximum absolute atomic E-state index is 14.4. The second-order valence-corrected chi connectivity index (χ2v) is 21.4. The van der Waals surface area contributed by atoms with Gasteiger partial charge in [-0.25, -0.2) is 9.97 Å². The molecule has 0 fully saturated rings. The van der Waals surface area contributed by atoms with Crippen molar-refractivity contribution in [3.63, 3.8) is 0 Å². The number of para-hydroxylation sites is 1. The summed E-state index contributed by atoms with van der Waals surface area (Å²) < 4.78 is 0. The van der Waals surface area contributed by atoms with Gasteiger partial charge < -0.3 is 68.1 Å². The molecule has 3 aromatic heterocycles. The number of aromatic nitrogens is 5. The number of thioether (sulfide) groups is 1. The lowest BCUT2D eigenvalue weighted by molar-refractivity contribution is -0.135. The van der Waals surface area contributed by atoms with Crippen LogP contribution in [-0.2, 0) is 68.8 Å². The number of hydrogen-bond donors (Lipinski definition) is 12. The summed E-state index contributed by atoms with van der Waals surface area (Å²) in [7, 11) is 1.65. The fourth-order valence-electron chi connectivity index (χ4n) is 9.07. The highest BCUT2D eigenvalue weighted by Crippen LogP contribution is 2.20. The first-order valence-corrected chi connectivity index (χ1v) is 28.0. The zero-order valence-electron chi connectivity index (χ0n) is 46.3. The summed E-state index contributed by atoms with van der Waals surface area (Å²) in [6, 6.07) is 8.48. The molecule has 0 radical (unpaired) electrons. The Morgan fingerprint density at radius 3 is 1.84 bits per heavy atom. The number of benzene rings is 2. The number of carbonyl (C=O) groups excluding carboxylic acids is 9. The Morgan fingerprint density at radius 2 is 1.26 bits per heavy atom. The number of nitrogens with zero attached hydrogens (tertiary/aromatic N) is 3. The summed E-state index contributed by atoms with van der Waals surface area (Å²) in [5.41, 5.74) is 9.12. The van der Waals surface area contributed by atoms with Gasteiger partial charge in [0.05, 0.1) is 25.2 Å². The van der Waals surface area contributed by atoms with Crippen molar-refractivity contribution in [3.05, 3.63) is 108 Å². The van der Waals surface area contributed by atoms with Gasteiger partial charge in [0.15, 0.2) is 0 Å². The maximum Gasteiger partial charge on any atom is 0.243 e. The van der Waals surface area contributed by atoms with E-state index in [2.05, 4.69) is 67.5 Å². The summed E-state index contributed by atoms with van der Waals surface area (Å²) in [6.45, 7) is 8.03. The minimum absolute atomic E-state index is 0.00215. The van der Waals surface area contributed by atoms with E-state index in [1.807, 2.05) is 74.7 Å². The number of hydrogen-bond acceptors (Lipinski definition) is 13. The van der Waals surface area contributed by atoms with Gasteiger partial charge in [0, 0.05) is 72.7 Å². The zero-order valence-corrected chi connectivity index (χ0v) is 47.1. The summed E-state index contributed by atoms with van der Waals surface area (Å²) in [6.07, 6.45) is 11.0. The molecule has 24 nitrogen and oxygen atoms in total. The lowest BCUT2D eigenvalue weighted by Gasteiger charge is -2.32. The first kappa shape index (κ1) is 62.8. The van der Waals surface area contributed by atoms with Gasteiger partial charge in [-0.2, -0.15) is 11.8 Å². The predicted octanol–water partition coefficient (Wildman–Crippen LogP) is 0.285. The van der Waals surface area contributed by atoms with Gasteiger partial charge in [-0.15, -0.1) is 0 Å². The van der Waals surface area contributed by atoms with E-state index in [0.29, 0.717) is 48.4 Å². The van der Waals surface area contributed by atoms with Crippen molar-refractivity contribution in [2.45, 2.75) is 121 Å². The van der Waals surface area contributed by atoms with Crippen LogP contribution in [0.5, 0.6) is 0 Å². The summed E-state index contributed by atoms with van der Waals surface area (Å²) in [5.74, 6) is -5.25. The summed E-state index contributed by atoms with van der Waals surface area (Å²) >= 11 is 1.50. The molecule has 80 heavy (non-hydrogen) atoms. The predicted molar refractivity (Wildman–Crippen MR) is 303 cm³/mol. The number of primary amides is 1. The van der Waals surface area contributed by atoms with Crippen LogP contribution in [0.25, 0.3) is 10.9 Å². The van der Waals surface area contributed by atoms with E-state index in [-0.39, 0.29) is 31.7 Å². The number of aromatic amines is 3. The third-order valence-electron chi connectivity index (χ3n) is 13.3. The quantitative estimate of drug-likeness (QED) is 0.0247. The Hall–Kier alpha value is -8.06. The van der Waals surface area contributed by atoms with Crippen molar-refractivity contribution in [2.24, 2.45) is 17.6 Å². The van der Waals surface area contributed by atoms with Gasteiger partial charge in [-0.1, -0.05) is 76.2 Å². The van der Waals surface area contributed by atoms with Crippen molar-refractivity contribution < 1.29 is 43.2 Å². The van der Waals surface area contributed by atoms with E-state index in [1.165, 1.54) is 48.6 Å². The second kappa shape index (κ2) is 31.5. The Balaban J connectivity index is 1.26. The highest BCUT2D eigenvalue weighted by molar-refractivity contribution is 7.98. The number of H-pyrrole nitrogens is 3. The van der Waals surface area contributed by atoms with Crippen LogP contribution in [0.4, 0.5) is 0 Å². The molecule has 432 valence electrons. The molecular weight excluding hydrogens is 1050 g/mol. The Kier molecular flexibility index (Phi) is 24.7. The highest BCUT2D eigenvalue weighted by atomic mass is 32.2. The van der Waals surface area contributed by atoms with Crippen molar-refractivity contribution in [2.75, 3.05) is 32.1 Å². The lowest BCUT2D eigenvalue weighted by atomic mass is 10.0. The molecule has 3 heterocycles. The third-order valence-corrected chi connectivity index (χ3v) is 14.0. The molecule has 2 unspecified atom stereocenters. The van der Waals surface area contributed by atoms with E-state index < -0.39 is 108 Å². The molecule has 0 spiro atoms. The van der Waals surface area contributed by atoms with Crippen LogP contribution in [-0.4, -0.2) is 164 Å². The smallest absolute Gasteiger partial charge is 0.243 e. The van der Waals surface area contributed by atoms with Gasteiger partial charge in [0.1, 0.15) is 36.3 Å². The van der Waals surface area contributed by atoms with E-state index in [9.17, 15) is 43.2 Å². The zero-order chi connectivity index (χ0) is 58.3. The number of likely N-dealkylation sites (N-methyl/N-ethyl adjacent to an activating group) is 1. The molecule has 5 rings (SSSR count). The van der Waals surface area contributed by atoms with Crippen LogP contribution in [0.15, 0.2) is 85.8 Å². The molecule has 25 heteroatoms. The largest absolute Gasteiger partial charge is 0.368 e. The van der Waals surface area contributed by atoms with Crippen LogP contribution in [0.2, 0.25) is 0 Å². The monoisotopic (exact) mass is 1120 g/mol. The van der Waals surface area contributed by atoms with E-state index in [4.69, 9.17) is 5.73 Å². The SMILES string of the molecule is CN[C@@H](Cc1ccccc1)C(=O)N[C@@H](Cc1cnc[nH]1)C(=O)N[C@@H](Cc1c[nH]c2ccccc12)C(=O)N[C@@H](C)C(=O)N[C@H](C(=O)NCC(=O)N[C@@H](Cc1cnc[nH]1)C(=O)NC(CC(C)C)CN(C=O)C(CCSC)C(N)=O)C(C)C. The van der Waals surface area contributed by atoms with E-state index in [0.717, 1.165) is 16.5 Å². The van der Waals surface area contributed by atoms with Crippen LogP contribution in [0.3, 0.4) is 0 Å². The first-order valence-electron chi connectivity index (χ1n) is 26.6. The van der Waals surface area contributed by atoms with Gasteiger partial charge in [-0.05, 0) is 74.3 Å². The van der Waals surface area contributed by atoms with Crippen molar-refractivity contribution in [1.82, 2.24) is 72.4 Å². The number of amides is 9. The molecular formula is C55H77N15O9S. The van der Waals surface area contributed by atoms with Gasteiger partial charge in [0.2, 0.25) is 53.7 Å². The normalized spacial score (nSPS) is 14.3. The summed E-state index contributed by atoms with van der Waals surface area (Å²) in [5, 5.41) is 23.1. The minimum atomic E-state index is -1.28. The van der Waals surface area contributed by atoms with Gasteiger partial charge in [-0.3, -0.25) is 43.2 Å². The number of imidazole rings is 2. The molecule has 5 aromatic rings. The highest BCUT2D eigenvalue weighted by Gasteiger charge is 2.34. The van der Waals surface area contributed by atoms with Crippen molar-refractivity contribution >= 4 is 76.3 Å².